The lowest BCUT2D eigenvalue weighted by Crippen LogP contribution is -2.12. The van der Waals surface area contributed by atoms with Gasteiger partial charge in [-0.15, -0.1) is 0 Å². The molecule has 0 amide bonds. The molecule has 0 radical (unpaired) electrons. The summed E-state index contributed by atoms with van der Waals surface area (Å²) < 4.78 is 2.04. The van der Waals surface area contributed by atoms with E-state index in [0.717, 1.165) is 5.82 Å². The third kappa shape index (κ3) is 2.49. The van der Waals surface area contributed by atoms with Crippen LogP contribution >= 0.6 is 0 Å². The molecule has 1 aromatic carbocycles. The van der Waals surface area contributed by atoms with Gasteiger partial charge in [-0.3, -0.25) is 0 Å². The lowest BCUT2D eigenvalue weighted by atomic mass is 10.1. The molecule has 2 rings (SSSR count). The first kappa shape index (κ1) is 11.7. The lowest BCUT2D eigenvalue weighted by molar-refractivity contribution is 0.721. The summed E-state index contributed by atoms with van der Waals surface area (Å²) >= 11 is 0. The van der Waals surface area contributed by atoms with Crippen LogP contribution in [0.15, 0.2) is 30.6 Å². The summed E-state index contributed by atoms with van der Waals surface area (Å²) in [6.07, 6.45) is 3.80. The number of nitrogens with zero attached hydrogens (tertiary/aromatic N) is 2. The molecule has 0 spiro atoms. The average Bonchev–Trinajstić information content (AvgIpc) is 2.68. The second-order valence-electron chi connectivity index (χ2n) is 4.58. The van der Waals surface area contributed by atoms with Crippen molar-refractivity contribution in [3.8, 4) is 0 Å². The second kappa shape index (κ2) is 4.62. The molecule has 1 unspecified atom stereocenters. The van der Waals surface area contributed by atoms with Crippen LogP contribution in [0.3, 0.4) is 0 Å². The van der Waals surface area contributed by atoms with Gasteiger partial charge in [0, 0.05) is 25.1 Å². The quantitative estimate of drug-likeness (QED) is 0.875. The van der Waals surface area contributed by atoms with Crippen LogP contribution in [-0.2, 0) is 7.05 Å². The maximum Gasteiger partial charge on any atom is 0.130 e. The zero-order chi connectivity index (χ0) is 12.4. The van der Waals surface area contributed by atoms with E-state index in [1.54, 1.807) is 0 Å². The highest BCUT2D eigenvalue weighted by molar-refractivity contribution is 5.52. The molecule has 3 nitrogen and oxygen atoms in total. The van der Waals surface area contributed by atoms with Crippen molar-refractivity contribution in [2.75, 3.05) is 5.32 Å². The molecule has 0 fully saturated rings. The number of hydrogen-bond acceptors (Lipinski definition) is 2. The van der Waals surface area contributed by atoms with E-state index in [4.69, 9.17) is 0 Å². The topological polar surface area (TPSA) is 29.9 Å². The zero-order valence-electron chi connectivity index (χ0n) is 10.9. The molecule has 0 bridgehead atoms. The second-order valence-corrected chi connectivity index (χ2v) is 4.58. The first-order valence-electron chi connectivity index (χ1n) is 5.89. The van der Waals surface area contributed by atoms with E-state index in [9.17, 15) is 0 Å². The third-order valence-corrected chi connectivity index (χ3v) is 3.00. The number of aromatic nitrogens is 2. The summed E-state index contributed by atoms with van der Waals surface area (Å²) in [6.45, 7) is 6.36. The van der Waals surface area contributed by atoms with E-state index in [-0.39, 0.29) is 6.04 Å². The van der Waals surface area contributed by atoms with Crippen LogP contribution in [-0.4, -0.2) is 9.55 Å². The van der Waals surface area contributed by atoms with Crippen molar-refractivity contribution in [2.45, 2.75) is 26.8 Å². The molecule has 0 aliphatic carbocycles. The standard InChI is InChI=1S/C14H19N3/c1-10-5-6-13(11(2)9-10)16-12(3)14-15-7-8-17(14)4/h5-9,12,16H,1-4H3. The van der Waals surface area contributed by atoms with E-state index in [1.165, 1.54) is 16.8 Å². The number of anilines is 1. The highest BCUT2D eigenvalue weighted by Crippen LogP contribution is 2.21. The first-order chi connectivity index (χ1) is 8.08. The molecule has 1 heterocycles. The predicted molar refractivity (Wildman–Crippen MR) is 71.2 cm³/mol. The summed E-state index contributed by atoms with van der Waals surface area (Å²) in [6, 6.07) is 6.65. The zero-order valence-corrected chi connectivity index (χ0v) is 10.9. The van der Waals surface area contributed by atoms with Gasteiger partial charge >= 0.3 is 0 Å². The Hall–Kier alpha value is -1.77. The Morgan fingerprint density at radius 3 is 2.65 bits per heavy atom. The number of imidazole rings is 1. The molecule has 0 saturated heterocycles. The number of nitrogens with one attached hydrogen (secondary N) is 1. The average molecular weight is 229 g/mol. The fourth-order valence-electron chi connectivity index (χ4n) is 2.07. The Morgan fingerprint density at radius 2 is 2.06 bits per heavy atom. The van der Waals surface area contributed by atoms with Crippen LogP contribution in [0, 0.1) is 13.8 Å². The van der Waals surface area contributed by atoms with Crippen molar-refractivity contribution in [2.24, 2.45) is 7.05 Å². The Morgan fingerprint density at radius 1 is 1.29 bits per heavy atom. The minimum Gasteiger partial charge on any atom is -0.375 e. The van der Waals surface area contributed by atoms with Crippen molar-refractivity contribution >= 4 is 5.69 Å². The number of rotatable bonds is 3. The molecule has 1 N–H and O–H groups in total. The Bertz CT molecular complexity index is 514. The van der Waals surface area contributed by atoms with Gasteiger partial charge in [-0.25, -0.2) is 4.98 Å². The summed E-state index contributed by atoms with van der Waals surface area (Å²) in [5, 5.41) is 3.50. The van der Waals surface area contributed by atoms with Crippen LogP contribution in [0.5, 0.6) is 0 Å². The first-order valence-corrected chi connectivity index (χ1v) is 5.89. The van der Waals surface area contributed by atoms with Crippen molar-refractivity contribution in [3.05, 3.63) is 47.5 Å². The van der Waals surface area contributed by atoms with Gasteiger partial charge in [0.1, 0.15) is 5.82 Å². The van der Waals surface area contributed by atoms with E-state index < -0.39 is 0 Å². The number of hydrogen-bond donors (Lipinski definition) is 1. The molecule has 3 heteroatoms. The molecular formula is C14H19N3. The Balaban J connectivity index is 2.19. The van der Waals surface area contributed by atoms with Crippen LogP contribution in [0.4, 0.5) is 5.69 Å². The largest absolute Gasteiger partial charge is 0.375 e. The van der Waals surface area contributed by atoms with Crippen molar-refractivity contribution < 1.29 is 0 Å². The normalized spacial score (nSPS) is 12.5. The van der Waals surface area contributed by atoms with Gasteiger partial charge in [-0.05, 0) is 32.4 Å². The van der Waals surface area contributed by atoms with Crippen molar-refractivity contribution in [1.82, 2.24) is 9.55 Å². The summed E-state index contributed by atoms with van der Waals surface area (Å²) in [4.78, 5) is 4.36. The Kier molecular flexibility index (Phi) is 3.18. The monoisotopic (exact) mass is 229 g/mol. The van der Waals surface area contributed by atoms with Crippen LogP contribution in [0.2, 0.25) is 0 Å². The minimum atomic E-state index is 0.205. The van der Waals surface area contributed by atoms with Crippen LogP contribution < -0.4 is 5.32 Å². The van der Waals surface area contributed by atoms with Crippen molar-refractivity contribution in [1.29, 1.82) is 0 Å². The maximum atomic E-state index is 4.36. The molecule has 1 aromatic heterocycles. The fraction of sp³-hybridized carbons (Fsp3) is 0.357. The number of aryl methyl sites for hydroxylation is 3. The summed E-state index contributed by atoms with van der Waals surface area (Å²) in [7, 11) is 2.02. The van der Waals surface area contributed by atoms with Gasteiger partial charge in [-0.1, -0.05) is 17.7 Å². The van der Waals surface area contributed by atoms with Gasteiger partial charge < -0.3 is 9.88 Å². The van der Waals surface area contributed by atoms with E-state index >= 15 is 0 Å². The van der Waals surface area contributed by atoms with Crippen LogP contribution in [0.1, 0.15) is 29.9 Å². The van der Waals surface area contributed by atoms with Gasteiger partial charge in [-0.2, -0.15) is 0 Å². The van der Waals surface area contributed by atoms with Crippen molar-refractivity contribution in [3.63, 3.8) is 0 Å². The molecule has 2 aromatic rings. The fourth-order valence-corrected chi connectivity index (χ4v) is 2.07. The smallest absolute Gasteiger partial charge is 0.130 e. The SMILES string of the molecule is Cc1ccc(NC(C)c2nccn2C)c(C)c1. The van der Waals surface area contributed by atoms with Crippen LogP contribution in [0.25, 0.3) is 0 Å². The van der Waals surface area contributed by atoms with E-state index in [0.29, 0.717) is 0 Å². The van der Waals surface area contributed by atoms with Gasteiger partial charge in [0.05, 0.1) is 6.04 Å². The summed E-state index contributed by atoms with van der Waals surface area (Å²) in [5.41, 5.74) is 3.73. The van der Waals surface area contributed by atoms with Gasteiger partial charge in [0.25, 0.3) is 0 Å². The van der Waals surface area contributed by atoms with Gasteiger partial charge in [0.15, 0.2) is 0 Å². The molecular weight excluding hydrogens is 210 g/mol. The minimum absolute atomic E-state index is 0.205. The highest BCUT2D eigenvalue weighted by Gasteiger charge is 2.10. The molecule has 17 heavy (non-hydrogen) atoms. The predicted octanol–water partition coefficient (Wildman–Crippen LogP) is 3.21. The summed E-state index contributed by atoms with van der Waals surface area (Å²) in [5.74, 6) is 1.05. The molecule has 0 saturated carbocycles. The van der Waals surface area contributed by atoms with Gasteiger partial charge in [0.2, 0.25) is 0 Å². The molecule has 0 aliphatic rings. The molecule has 1 atom stereocenters. The molecule has 90 valence electrons. The number of benzene rings is 1. The highest BCUT2D eigenvalue weighted by atomic mass is 15.1. The molecule has 0 aliphatic heterocycles. The lowest BCUT2D eigenvalue weighted by Gasteiger charge is -2.17. The Labute approximate surface area is 103 Å². The van der Waals surface area contributed by atoms with E-state index in [1.807, 2.05) is 24.0 Å². The van der Waals surface area contributed by atoms with E-state index in [2.05, 4.69) is 49.3 Å². The maximum absolute atomic E-state index is 4.36. The third-order valence-electron chi connectivity index (χ3n) is 3.00.